The lowest BCUT2D eigenvalue weighted by atomic mass is 10.1. The molecular formula is C20H15F3N4O4S2. The number of anilines is 1. The lowest BCUT2D eigenvalue weighted by molar-refractivity contribution is -0.0429. The first-order chi connectivity index (χ1) is 15.3. The summed E-state index contributed by atoms with van der Waals surface area (Å²) in [5, 5.41) is 5.39. The second-order valence-electron chi connectivity index (χ2n) is 7.00. The molecule has 1 aromatic heterocycles. The van der Waals surface area contributed by atoms with Crippen molar-refractivity contribution < 1.29 is 30.0 Å². The fourth-order valence-corrected chi connectivity index (χ4v) is 4.42. The van der Waals surface area contributed by atoms with E-state index in [1.165, 1.54) is 22.9 Å². The SMILES string of the molecule is NS(=O)(=O)c1cc(-c2ccccc2)cc2[nH]c(-c3ccc(NS(=O)(=O)C(F)(F)F)cc3)nc12. The minimum atomic E-state index is -5.56. The first-order valence-electron chi connectivity index (χ1n) is 9.17. The molecule has 4 aromatic rings. The van der Waals surface area contributed by atoms with Crippen LogP contribution >= 0.6 is 0 Å². The van der Waals surface area contributed by atoms with Crippen molar-refractivity contribution in [2.45, 2.75) is 10.4 Å². The number of H-pyrrole nitrogens is 1. The summed E-state index contributed by atoms with van der Waals surface area (Å²) in [4.78, 5) is 7.07. The molecule has 0 unspecified atom stereocenters. The Labute approximate surface area is 186 Å². The van der Waals surface area contributed by atoms with Gasteiger partial charge in [-0.2, -0.15) is 21.6 Å². The van der Waals surface area contributed by atoms with E-state index < -0.39 is 25.6 Å². The zero-order valence-electron chi connectivity index (χ0n) is 16.5. The Bertz CT molecular complexity index is 1550. The van der Waals surface area contributed by atoms with Gasteiger partial charge >= 0.3 is 15.5 Å². The molecule has 0 atom stereocenters. The molecule has 4 N–H and O–H groups in total. The van der Waals surface area contributed by atoms with Crippen molar-refractivity contribution >= 4 is 36.8 Å². The predicted octanol–water partition coefficient (Wildman–Crippen LogP) is 3.81. The predicted molar refractivity (Wildman–Crippen MR) is 117 cm³/mol. The van der Waals surface area contributed by atoms with Gasteiger partial charge in [-0.05, 0) is 47.5 Å². The Kier molecular flexibility index (Phi) is 5.42. The van der Waals surface area contributed by atoms with Crippen LogP contribution in [0.15, 0.2) is 71.6 Å². The Morgan fingerprint density at radius 1 is 0.848 bits per heavy atom. The molecule has 0 spiro atoms. The van der Waals surface area contributed by atoms with Gasteiger partial charge in [0.25, 0.3) is 0 Å². The molecule has 0 radical (unpaired) electrons. The summed E-state index contributed by atoms with van der Waals surface area (Å²) >= 11 is 0. The number of hydrogen-bond acceptors (Lipinski definition) is 5. The molecule has 0 amide bonds. The number of nitrogens with two attached hydrogens (primary N) is 1. The minimum Gasteiger partial charge on any atom is -0.338 e. The van der Waals surface area contributed by atoms with Crippen molar-refractivity contribution in [3.8, 4) is 22.5 Å². The summed E-state index contributed by atoms with van der Waals surface area (Å²) in [5.74, 6) is 0.213. The van der Waals surface area contributed by atoms with E-state index in [-0.39, 0.29) is 21.9 Å². The molecule has 0 fully saturated rings. The fraction of sp³-hybridized carbons (Fsp3) is 0.0500. The summed E-state index contributed by atoms with van der Waals surface area (Å²) in [6, 6.07) is 17.0. The van der Waals surface area contributed by atoms with Crippen LogP contribution in [0.3, 0.4) is 0 Å². The van der Waals surface area contributed by atoms with Crippen molar-refractivity contribution in [1.82, 2.24) is 9.97 Å². The Morgan fingerprint density at radius 3 is 2.06 bits per heavy atom. The van der Waals surface area contributed by atoms with E-state index in [2.05, 4.69) is 9.97 Å². The Balaban J connectivity index is 1.77. The van der Waals surface area contributed by atoms with E-state index >= 15 is 0 Å². The van der Waals surface area contributed by atoms with Gasteiger partial charge in [-0.15, -0.1) is 0 Å². The van der Waals surface area contributed by atoms with Gasteiger partial charge in [0.05, 0.1) is 5.52 Å². The van der Waals surface area contributed by atoms with Crippen LogP contribution in [0.2, 0.25) is 0 Å². The van der Waals surface area contributed by atoms with Crippen molar-refractivity contribution in [1.29, 1.82) is 0 Å². The van der Waals surface area contributed by atoms with Crippen LogP contribution in [0.1, 0.15) is 0 Å². The van der Waals surface area contributed by atoms with Gasteiger partial charge < -0.3 is 4.98 Å². The number of fused-ring (bicyclic) bond motifs is 1. The van der Waals surface area contributed by atoms with Gasteiger partial charge in [0.1, 0.15) is 16.2 Å². The average molecular weight is 496 g/mol. The molecule has 4 rings (SSSR count). The standard InChI is InChI=1S/C20H15F3N4O4S2/c21-20(22,23)33(30,31)27-15-8-6-13(7-9-15)19-25-16-10-14(12-4-2-1-3-5-12)11-17(18(16)26-19)32(24,28)29/h1-11,27H,(H,25,26)(H2,24,28,29). The van der Waals surface area contributed by atoms with Gasteiger partial charge in [0.15, 0.2) is 0 Å². The van der Waals surface area contributed by atoms with E-state index in [4.69, 9.17) is 5.14 Å². The van der Waals surface area contributed by atoms with Crippen LogP contribution in [0.5, 0.6) is 0 Å². The van der Waals surface area contributed by atoms with Gasteiger partial charge in [0, 0.05) is 11.3 Å². The minimum absolute atomic E-state index is 0.0917. The highest BCUT2D eigenvalue weighted by atomic mass is 32.2. The van der Waals surface area contributed by atoms with Gasteiger partial charge in [-0.3, -0.25) is 4.72 Å². The van der Waals surface area contributed by atoms with Crippen LogP contribution in [-0.2, 0) is 20.0 Å². The molecular weight excluding hydrogens is 481 g/mol. The van der Waals surface area contributed by atoms with Crippen LogP contribution in [0.4, 0.5) is 18.9 Å². The van der Waals surface area contributed by atoms with Gasteiger partial charge in [-0.25, -0.2) is 18.5 Å². The van der Waals surface area contributed by atoms with Crippen LogP contribution in [0, 0.1) is 0 Å². The van der Waals surface area contributed by atoms with E-state index in [9.17, 15) is 30.0 Å². The smallest absolute Gasteiger partial charge is 0.338 e. The molecule has 8 nitrogen and oxygen atoms in total. The monoisotopic (exact) mass is 496 g/mol. The second-order valence-corrected chi connectivity index (χ2v) is 10.2. The van der Waals surface area contributed by atoms with E-state index in [0.717, 1.165) is 17.7 Å². The first kappa shape index (κ1) is 22.8. The number of sulfonamides is 2. The molecule has 0 bridgehead atoms. The van der Waals surface area contributed by atoms with Gasteiger partial charge in [0.2, 0.25) is 10.0 Å². The highest BCUT2D eigenvalue weighted by Crippen LogP contribution is 2.32. The first-order valence-corrected chi connectivity index (χ1v) is 12.2. The van der Waals surface area contributed by atoms with Crippen LogP contribution in [0.25, 0.3) is 33.5 Å². The molecule has 33 heavy (non-hydrogen) atoms. The average Bonchev–Trinajstić information content (AvgIpc) is 3.16. The summed E-state index contributed by atoms with van der Waals surface area (Å²) in [7, 11) is -9.69. The number of benzene rings is 3. The maximum atomic E-state index is 12.5. The topological polar surface area (TPSA) is 135 Å². The number of aromatic nitrogens is 2. The molecule has 172 valence electrons. The zero-order valence-corrected chi connectivity index (χ0v) is 18.1. The van der Waals surface area contributed by atoms with Crippen LogP contribution < -0.4 is 9.86 Å². The Hall–Kier alpha value is -3.42. The number of imidazole rings is 1. The molecule has 0 aliphatic rings. The molecule has 3 aromatic carbocycles. The van der Waals surface area contributed by atoms with Crippen molar-refractivity contribution in [2.75, 3.05) is 4.72 Å². The highest BCUT2D eigenvalue weighted by molar-refractivity contribution is 7.93. The number of rotatable bonds is 5. The lowest BCUT2D eigenvalue weighted by Gasteiger charge is -2.10. The summed E-state index contributed by atoms with van der Waals surface area (Å²) in [5.41, 5.74) is -3.58. The highest BCUT2D eigenvalue weighted by Gasteiger charge is 2.46. The number of primary sulfonamides is 1. The number of nitrogens with one attached hydrogen (secondary N) is 2. The number of alkyl halides is 3. The zero-order chi connectivity index (χ0) is 24.0. The van der Waals surface area contributed by atoms with Crippen molar-refractivity contribution in [3.05, 3.63) is 66.7 Å². The number of nitrogens with zero attached hydrogens (tertiary/aromatic N) is 1. The fourth-order valence-electron chi connectivity index (χ4n) is 3.15. The maximum Gasteiger partial charge on any atom is 0.516 e. The normalized spacial score (nSPS) is 12.7. The van der Waals surface area contributed by atoms with E-state index in [0.29, 0.717) is 16.6 Å². The van der Waals surface area contributed by atoms with Crippen LogP contribution in [-0.4, -0.2) is 32.3 Å². The van der Waals surface area contributed by atoms with Crippen molar-refractivity contribution in [2.24, 2.45) is 5.14 Å². The summed E-state index contributed by atoms with van der Waals surface area (Å²) in [6.45, 7) is 0. The lowest BCUT2D eigenvalue weighted by Crippen LogP contribution is -2.29. The third-order valence-electron chi connectivity index (χ3n) is 4.68. The number of aromatic amines is 1. The molecule has 0 saturated carbocycles. The number of hydrogen-bond donors (Lipinski definition) is 3. The maximum absolute atomic E-state index is 12.5. The quantitative estimate of drug-likeness (QED) is 0.386. The van der Waals surface area contributed by atoms with E-state index in [1.54, 1.807) is 30.3 Å². The summed E-state index contributed by atoms with van der Waals surface area (Å²) < 4.78 is 86.0. The number of halogens is 3. The molecule has 0 aliphatic carbocycles. The van der Waals surface area contributed by atoms with E-state index in [1.807, 2.05) is 6.07 Å². The largest absolute Gasteiger partial charge is 0.516 e. The molecule has 13 heteroatoms. The Morgan fingerprint density at radius 2 is 1.48 bits per heavy atom. The molecule has 0 saturated heterocycles. The van der Waals surface area contributed by atoms with Crippen molar-refractivity contribution in [3.63, 3.8) is 0 Å². The van der Waals surface area contributed by atoms with Gasteiger partial charge in [-0.1, -0.05) is 30.3 Å². The molecule has 0 aliphatic heterocycles. The molecule has 1 heterocycles. The second kappa shape index (κ2) is 7.86. The summed E-state index contributed by atoms with van der Waals surface area (Å²) in [6.07, 6.45) is 0. The third-order valence-corrected chi connectivity index (χ3v) is 6.72. The third kappa shape index (κ3) is 4.55.